The topological polar surface area (TPSA) is 100 Å². The Hall–Kier alpha value is -3.63. The molecule has 11 heteroatoms. The number of imidazole rings is 1. The van der Waals surface area contributed by atoms with Gasteiger partial charge in [0, 0.05) is 64.8 Å². The van der Waals surface area contributed by atoms with Crippen LogP contribution in [-0.2, 0) is 16.4 Å². The summed E-state index contributed by atoms with van der Waals surface area (Å²) in [6.07, 6.45) is 1.80. The Morgan fingerprint density at radius 2 is 1.67 bits per heavy atom. The molecule has 2 N–H and O–H groups in total. The summed E-state index contributed by atoms with van der Waals surface area (Å²) < 4.78 is 25.6. The van der Waals surface area contributed by atoms with E-state index in [0.717, 1.165) is 39.0 Å². The number of carbonyl (C=O) groups is 1. The van der Waals surface area contributed by atoms with Crippen LogP contribution in [0.15, 0.2) is 79.1 Å². The van der Waals surface area contributed by atoms with E-state index in [-0.39, 0.29) is 17.4 Å². The van der Waals surface area contributed by atoms with Crippen molar-refractivity contribution in [1.82, 2.24) is 24.8 Å². The second-order valence-electron chi connectivity index (χ2n) is 10.4. The standard InChI is InChI=1S/C31H29Cl2N5O3S/c32-23-8-6-21(7-9-23)19-38-20-35-28(22-4-2-1-3-5-22)30(38)27-25-11-10-24(33)18-26(25)36-29(27)31(39)34-12-13-37-14-16-42(40,41)17-15-37/h1-11,18,20,36H,12-17,19H2,(H,34,39). The average molecular weight is 623 g/mol. The Morgan fingerprint density at radius 3 is 2.40 bits per heavy atom. The molecule has 0 atom stereocenters. The zero-order chi connectivity index (χ0) is 29.3. The molecule has 0 bridgehead atoms. The molecule has 0 radical (unpaired) electrons. The fourth-order valence-electron chi connectivity index (χ4n) is 5.33. The van der Waals surface area contributed by atoms with E-state index in [2.05, 4.69) is 15.2 Å². The number of H-pyrrole nitrogens is 1. The first kappa shape index (κ1) is 28.5. The van der Waals surface area contributed by atoms with Crippen molar-refractivity contribution in [2.24, 2.45) is 0 Å². The van der Waals surface area contributed by atoms with Crippen LogP contribution in [-0.4, -0.2) is 71.4 Å². The van der Waals surface area contributed by atoms with Crippen LogP contribution in [0.1, 0.15) is 16.1 Å². The number of fused-ring (bicyclic) bond motifs is 1. The molecule has 3 heterocycles. The van der Waals surface area contributed by atoms with Gasteiger partial charge in [-0.15, -0.1) is 0 Å². The predicted octanol–water partition coefficient (Wildman–Crippen LogP) is 5.51. The maximum Gasteiger partial charge on any atom is 0.268 e. The van der Waals surface area contributed by atoms with Gasteiger partial charge in [0.05, 0.1) is 29.2 Å². The number of carbonyl (C=O) groups excluding carboxylic acids is 1. The largest absolute Gasteiger partial charge is 0.350 e. The van der Waals surface area contributed by atoms with E-state index < -0.39 is 9.84 Å². The molecule has 8 nitrogen and oxygen atoms in total. The van der Waals surface area contributed by atoms with E-state index in [1.807, 2.05) is 77.4 Å². The molecule has 1 aliphatic rings. The van der Waals surface area contributed by atoms with Gasteiger partial charge in [0.2, 0.25) is 0 Å². The number of halogens is 2. The minimum absolute atomic E-state index is 0.147. The monoisotopic (exact) mass is 621 g/mol. The Kier molecular flexibility index (Phi) is 8.09. The highest BCUT2D eigenvalue weighted by Gasteiger charge is 2.26. The molecule has 1 fully saturated rings. The third kappa shape index (κ3) is 6.10. The Balaban J connectivity index is 1.40. The van der Waals surface area contributed by atoms with Gasteiger partial charge in [-0.3, -0.25) is 9.69 Å². The number of nitrogens with zero attached hydrogens (tertiary/aromatic N) is 3. The van der Waals surface area contributed by atoms with Crippen LogP contribution in [0.5, 0.6) is 0 Å². The number of hydrogen-bond donors (Lipinski definition) is 2. The van der Waals surface area contributed by atoms with Gasteiger partial charge in [0.1, 0.15) is 5.69 Å². The molecule has 0 saturated carbocycles. The highest BCUT2D eigenvalue weighted by atomic mass is 35.5. The van der Waals surface area contributed by atoms with Crippen molar-refractivity contribution in [3.05, 3.63) is 100 Å². The van der Waals surface area contributed by atoms with Gasteiger partial charge in [-0.2, -0.15) is 0 Å². The number of sulfone groups is 1. The minimum Gasteiger partial charge on any atom is -0.350 e. The van der Waals surface area contributed by atoms with E-state index in [1.54, 1.807) is 6.33 Å². The molecule has 1 saturated heterocycles. The van der Waals surface area contributed by atoms with Crippen molar-refractivity contribution in [3.8, 4) is 22.5 Å². The summed E-state index contributed by atoms with van der Waals surface area (Å²) in [6.45, 7) is 2.40. The number of aromatic amines is 1. The van der Waals surface area contributed by atoms with Crippen molar-refractivity contribution in [2.75, 3.05) is 37.7 Å². The zero-order valence-corrected chi connectivity index (χ0v) is 25.0. The molecule has 0 aliphatic carbocycles. The molecule has 216 valence electrons. The summed E-state index contributed by atoms with van der Waals surface area (Å²) in [4.78, 5) is 24.0. The van der Waals surface area contributed by atoms with Crippen LogP contribution in [0.2, 0.25) is 10.0 Å². The van der Waals surface area contributed by atoms with Gasteiger partial charge in [-0.05, 0) is 29.8 Å². The molecule has 3 aromatic carbocycles. The lowest BCUT2D eigenvalue weighted by Crippen LogP contribution is -2.43. The Bertz CT molecular complexity index is 1840. The smallest absolute Gasteiger partial charge is 0.268 e. The first-order valence-corrected chi connectivity index (χ1v) is 16.2. The van der Waals surface area contributed by atoms with Crippen molar-refractivity contribution >= 4 is 49.8 Å². The number of amides is 1. The maximum atomic E-state index is 13.8. The highest BCUT2D eigenvalue weighted by molar-refractivity contribution is 7.91. The molecular weight excluding hydrogens is 593 g/mol. The fourth-order valence-corrected chi connectivity index (χ4v) is 6.91. The number of hydrogen-bond acceptors (Lipinski definition) is 5. The van der Waals surface area contributed by atoms with Crippen molar-refractivity contribution in [2.45, 2.75) is 6.54 Å². The minimum atomic E-state index is -2.96. The normalized spacial score (nSPS) is 15.2. The summed E-state index contributed by atoms with van der Waals surface area (Å²) >= 11 is 12.5. The number of nitrogens with one attached hydrogen (secondary N) is 2. The summed E-state index contributed by atoms with van der Waals surface area (Å²) in [5, 5.41) is 5.11. The molecule has 6 rings (SSSR count). The maximum absolute atomic E-state index is 13.8. The number of aromatic nitrogens is 3. The summed E-state index contributed by atoms with van der Waals surface area (Å²) in [5.74, 6) is 0.0294. The van der Waals surface area contributed by atoms with E-state index in [9.17, 15) is 13.2 Å². The predicted molar refractivity (Wildman–Crippen MR) is 168 cm³/mol. The summed E-state index contributed by atoms with van der Waals surface area (Å²) in [7, 11) is -2.96. The number of rotatable bonds is 8. The lowest BCUT2D eigenvalue weighted by Gasteiger charge is -2.26. The molecule has 0 spiro atoms. The summed E-state index contributed by atoms with van der Waals surface area (Å²) in [6, 6.07) is 23.1. The van der Waals surface area contributed by atoms with E-state index in [4.69, 9.17) is 28.2 Å². The SMILES string of the molecule is O=C(NCCN1CCS(=O)(=O)CC1)c1[nH]c2cc(Cl)ccc2c1-c1c(-c2ccccc2)ncn1Cc1ccc(Cl)cc1. The fraction of sp³-hybridized carbons (Fsp3) is 0.226. The third-order valence-electron chi connectivity index (χ3n) is 7.53. The van der Waals surface area contributed by atoms with Crippen LogP contribution in [0.3, 0.4) is 0 Å². The average Bonchev–Trinajstić information content (AvgIpc) is 3.56. The van der Waals surface area contributed by atoms with Crippen LogP contribution in [0.4, 0.5) is 0 Å². The molecule has 42 heavy (non-hydrogen) atoms. The molecule has 1 aliphatic heterocycles. The lowest BCUT2D eigenvalue weighted by molar-refractivity contribution is 0.0945. The van der Waals surface area contributed by atoms with Gasteiger partial charge in [-0.1, -0.05) is 71.7 Å². The number of benzene rings is 3. The van der Waals surface area contributed by atoms with Gasteiger partial charge in [0.25, 0.3) is 5.91 Å². The van der Waals surface area contributed by atoms with Crippen molar-refractivity contribution < 1.29 is 13.2 Å². The molecule has 2 aromatic heterocycles. The van der Waals surface area contributed by atoms with Crippen LogP contribution in [0, 0.1) is 0 Å². The van der Waals surface area contributed by atoms with Gasteiger partial charge >= 0.3 is 0 Å². The second kappa shape index (κ2) is 11.9. The van der Waals surface area contributed by atoms with Crippen LogP contribution < -0.4 is 5.32 Å². The van der Waals surface area contributed by atoms with Gasteiger partial charge in [-0.25, -0.2) is 13.4 Å². The summed E-state index contributed by atoms with van der Waals surface area (Å²) in [5.41, 5.74) is 5.39. The lowest BCUT2D eigenvalue weighted by atomic mass is 10.0. The second-order valence-corrected chi connectivity index (χ2v) is 13.6. The van der Waals surface area contributed by atoms with Crippen molar-refractivity contribution in [1.29, 1.82) is 0 Å². The Labute approximate surface area is 254 Å². The first-order chi connectivity index (χ1) is 20.3. The van der Waals surface area contributed by atoms with Gasteiger partial charge < -0.3 is 14.9 Å². The van der Waals surface area contributed by atoms with Gasteiger partial charge in [0.15, 0.2) is 9.84 Å². The van der Waals surface area contributed by atoms with Crippen molar-refractivity contribution in [3.63, 3.8) is 0 Å². The van der Waals surface area contributed by atoms with Crippen LogP contribution in [0.25, 0.3) is 33.4 Å². The zero-order valence-electron chi connectivity index (χ0n) is 22.7. The van der Waals surface area contributed by atoms with E-state index in [1.165, 1.54) is 0 Å². The first-order valence-electron chi connectivity index (χ1n) is 13.6. The highest BCUT2D eigenvalue weighted by Crippen LogP contribution is 2.39. The molecule has 1 amide bonds. The molecule has 5 aromatic rings. The van der Waals surface area contributed by atoms with E-state index in [0.29, 0.717) is 48.5 Å². The third-order valence-corrected chi connectivity index (χ3v) is 9.62. The van der Waals surface area contributed by atoms with E-state index >= 15 is 0 Å². The quantitative estimate of drug-likeness (QED) is 0.238. The molecule has 0 unspecified atom stereocenters. The Morgan fingerprint density at radius 1 is 0.952 bits per heavy atom. The molecular formula is C31H29Cl2N5O3S. The van der Waals surface area contributed by atoms with Crippen LogP contribution >= 0.6 is 23.2 Å².